The van der Waals surface area contributed by atoms with Gasteiger partial charge in [0.05, 0.1) is 5.75 Å². The van der Waals surface area contributed by atoms with E-state index in [2.05, 4.69) is 25.7 Å². The van der Waals surface area contributed by atoms with E-state index in [1.165, 1.54) is 0 Å². The predicted molar refractivity (Wildman–Crippen MR) is 88.9 cm³/mol. The topological polar surface area (TPSA) is 40.6 Å². The van der Waals surface area contributed by atoms with Gasteiger partial charge in [0.25, 0.3) is 0 Å². The first-order valence-electron chi connectivity index (χ1n) is 7.48. The van der Waals surface area contributed by atoms with Crippen LogP contribution < -0.4 is 0 Å². The second-order valence-electron chi connectivity index (χ2n) is 6.45. The molecule has 0 aromatic rings. The van der Waals surface area contributed by atoms with Crippen molar-refractivity contribution < 1.29 is 8.42 Å². The largest absolute Gasteiger partial charge is 0.302 e. The normalized spacial score (nSPS) is 19.7. The Hall–Kier alpha value is 0.220. The summed E-state index contributed by atoms with van der Waals surface area (Å²) in [7, 11) is -1.31. The van der Waals surface area contributed by atoms with E-state index >= 15 is 0 Å². The molecular formula is C14H30N2O2S2. The van der Waals surface area contributed by atoms with Crippen molar-refractivity contribution in [2.45, 2.75) is 51.3 Å². The number of nitrogens with zero attached hydrogens (tertiary/aromatic N) is 2. The Morgan fingerprint density at radius 3 is 2.25 bits per heavy atom. The summed E-state index contributed by atoms with van der Waals surface area (Å²) in [5.41, 5.74) is 0. The molecule has 6 heteroatoms. The summed E-state index contributed by atoms with van der Waals surface area (Å²) < 4.78 is 25.7. The van der Waals surface area contributed by atoms with Gasteiger partial charge in [0.1, 0.15) is 0 Å². The van der Waals surface area contributed by atoms with Crippen LogP contribution in [0, 0.1) is 0 Å². The van der Waals surface area contributed by atoms with Gasteiger partial charge in [-0.3, -0.25) is 0 Å². The third-order valence-electron chi connectivity index (χ3n) is 3.82. The second kappa shape index (κ2) is 7.47. The van der Waals surface area contributed by atoms with E-state index in [1.807, 2.05) is 11.8 Å². The van der Waals surface area contributed by atoms with Crippen LogP contribution in [-0.2, 0) is 10.0 Å². The molecule has 4 nitrogen and oxygen atoms in total. The lowest BCUT2D eigenvalue weighted by Gasteiger charge is -2.36. The highest BCUT2D eigenvalue weighted by atomic mass is 32.2. The van der Waals surface area contributed by atoms with Crippen LogP contribution in [0.15, 0.2) is 0 Å². The highest BCUT2D eigenvalue weighted by Gasteiger charge is 2.28. The Balaban J connectivity index is 2.33. The molecule has 0 bridgehead atoms. The molecule has 1 aliphatic heterocycles. The summed E-state index contributed by atoms with van der Waals surface area (Å²) in [4.78, 5) is 2.46. The van der Waals surface area contributed by atoms with Crippen LogP contribution in [0.1, 0.15) is 40.5 Å². The fourth-order valence-electron chi connectivity index (χ4n) is 2.42. The Kier molecular flexibility index (Phi) is 6.83. The molecule has 0 saturated carbocycles. The van der Waals surface area contributed by atoms with E-state index in [1.54, 1.807) is 18.3 Å². The van der Waals surface area contributed by atoms with Crippen LogP contribution in [0.4, 0.5) is 0 Å². The van der Waals surface area contributed by atoms with E-state index in [9.17, 15) is 8.42 Å². The van der Waals surface area contributed by atoms with Crippen molar-refractivity contribution in [1.82, 2.24) is 9.21 Å². The molecule has 1 aliphatic rings. The lowest BCUT2D eigenvalue weighted by molar-refractivity contribution is 0.177. The summed E-state index contributed by atoms with van der Waals surface area (Å²) in [6, 6.07) is 0.187. The van der Waals surface area contributed by atoms with Gasteiger partial charge in [0, 0.05) is 30.1 Å². The molecule has 0 aliphatic carbocycles. The van der Waals surface area contributed by atoms with E-state index in [0.29, 0.717) is 4.75 Å². The highest BCUT2D eigenvalue weighted by molar-refractivity contribution is 8.00. The molecule has 0 spiro atoms. The van der Waals surface area contributed by atoms with Crippen LogP contribution in [0.2, 0.25) is 0 Å². The molecule has 0 N–H and O–H groups in total. The van der Waals surface area contributed by atoms with Crippen molar-refractivity contribution in [2.75, 3.05) is 38.2 Å². The maximum Gasteiger partial charge on any atom is 0.213 e. The quantitative estimate of drug-likeness (QED) is 0.752. The summed E-state index contributed by atoms with van der Waals surface area (Å²) in [6.07, 6.45) is 1.91. The van der Waals surface area contributed by atoms with Crippen LogP contribution in [-0.4, -0.2) is 66.6 Å². The van der Waals surface area contributed by atoms with Gasteiger partial charge in [0.15, 0.2) is 0 Å². The number of thioether (sulfide) groups is 1. The molecule has 0 unspecified atom stereocenters. The Morgan fingerprint density at radius 1 is 1.25 bits per heavy atom. The standard InChI is InChI=1S/C14H30N2O2S2/c1-6-20(17,18)15(5)13-7-9-16(10-8-13)11-12-19-14(2,3)4/h13H,6-12H2,1-5H3. The number of hydrogen-bond acceptors (Lipinski definition) is 4. The fourth-order valence-corrected chi connectivity index (χ4v) is 4.45. The van der Waals surface area contributed by atoms with Crippen molar-refractivity contribution in [2.24, 2.45) is 0 Å². The SMILES string of the molecule is CCS(=O)(=O)N(C)C1CCN(CCSC(C)(C)C)CC1. The van der Waals surface area contributed by atoms with Crippen molar-refractivity contribution in [3.05, 3.63) is 0 Å². The van der Waals surface area contributed by atoms with Gasteiger partial charge in [-0.2, -0.15) is 11.8 Å². The van der Waals surface area contributed by atoms with Crippen LogP contribution in [0.25, 0.3) is 0 Å². The minimum Gasteiger partial charge on any atom is -0.302 e. The average Bonchev–Trinajstić information content (AvgIpc) is 2.37. The summed E-state index contributed by atoms with van der Waals surface area (Å²) in [5, 5.41) is 0. The highest BCUT2D eigenvalue weighted by Crippen LogP contribution is 2.24. The number of likely N-dealkylation sites (tertiary alicyclic amines) is 1. The van der Waals surface area contributed by atoms with E-state index < -0.39 is 10.0 Å². The van der Waals surface area contributed by atoms with Crippen molar-refractivity contribution in [3.63, 3.8) is 0 Å². The van der Waals surface area contributed by atoms with E-state index in [-0.39, 0.29) is 11.8 Å². The summed E-state index contributed by atoms with van der Waals surface area (Å²) in [6.45, 7) is 11.6. The molecule has 0 radical (unpaired) electrons. The Bertz CT molecular complexity index is 382. The first-order chi connectivity index (χ1) is 9.15. The lowest BCUT2D eigenvalue weighted by atomic mass is 10.1. The maximum atomic E-state index is 11.9. The lowest BCUT2D eigenvalue weighted by Crippen LogP contribution is -2.46. The molecule has 120 valence electrons. The smallest absolute Gasteiger partial charge is 0.213 e. The summed E-state index contributed by atoms with van der Waals surface area (Å²) >= 11 is 1.99. The zero-order valence-electron chi connectivity index (χ0n) is 13.6. The first-order valence-corrected chi connectivity index (χ1v) is 10.1. The molecule has 0 amide bonds. The summed E-state index contributed by atoms with van der Waals surface area (Å²) in [5.74, 6) is 1.35. The van der Waals surface area contributed by atoms with Crippen LogP contribution in [0.5, 0.6) is 0 Å². The van der Waals surface area contributed by atoms with Crippen LogP contribution in [0.3, 0.4) is 0 Å². The monoisotopic (exact) mass is 322 g/mol. The number of piperidine rings is 1. The third kappa shape index (κ3) is 5.92. The maximum absolute atomic E-state index is 11.9. The first kappa shape index (κ1) is 18.3. The van der Waals surface area contributed by atoms with Crippen molar-refractivity contribution >= 4 is 21.8 Å². The number of sulfonamides is 1. The van der Waals surface area contributed by atoms with E-state index in [4.69, 9.17) is 0 Å². The minimum absolute atomic E-state index is 0.187. The molecule has 0 atom stereocenters. The van der Waals surface area contributed by atoms with E-state index in [0.717, 1.165) is 38.2 Å². The second-order valence-corrected chi connectivity index (χ2v) is 10.7. The van der Waals surface area contributed by atoms with Gasteiger partial charge in [0.2, 0.25) is 10.0 Å². The molecule has 0 aromatic carbocycles. The Labute approximate surface area is 129 Å². The zero-order chi connectivity index (χ0) is 15.4. The molecule has 1 heterocycles. The molecule has 1 fully saturated rings. The predicted octanol–water partition coefficient (Wildman–Crippen LogP) is 2.26. The Morgan fingerprint density at radius 2 is 1.80 bits per heavy atom. The van der Waals surface area contributed by atoms with Gasteiger partial charge in [-0.05, 0) is 32.9 Å². The third-order valence-corrected chi connectivity index (χ3v) is 6.98. The van der Waals surface area contributed by atoms with Gasteiger partial charge < -0.3 is 4.90 Å². The van der Waals surface area contributed by atoms with Gasteiger partial charge in [-0.15, -0.1) is 0 Å². The molecule has 20 heavy (non-hydrogen) atoms. The van der Waals surface area contributed by atoms with Crippen LogP contribution >= 0.6 is 11.8 Å². The zero-order valence-corrected chi connectivity index (χ0v) is 15.2. The molecule has 1 rings (SSSR count). The molecular weight excluding hydrogens is 292 g/mol. The average molecular weight is 323 g/mol. The molecule has 1 saturated heterocycles. The van der Waals surface area contributed by atoms with Gasteiger partial charge in [-0.1, -0.05) is 20.8 Å². The van der Waals surface area contributed by atoms with Crippen molar-refractivity contribution in [3.8, 4) is 0 Å². The fraction of sp³-hybridized carbons (Fsp3) is 1.00. The minimum atomic E-state index is -3.04. The van der Waals surface area contributed by atoms with Crippen molar-refractivity contribution in [1.29, 1.82) is 0 Å². The number of rotatable bonds is 6. The number of hydrogen-bond donors (Lipinski definition) is 0. The van der Waals surface area contributed by atoms with Gasteiger partial charge >= 0.3 is 0 Å². The molecule has 0 aromatic heterocycles. The van der Waals surface area contributed by atoms with Gasteiger partial charge in [-0.25, -0.2) is 12.7 Å².